The molecule has 1 atom stereocenters. The summed E-state index contributed by atoms with van der Waals surface area (Å²) >= 11 is 0. The van der Waals surface area contributed by atoms with Gasteiger partial charge in [-0.15, -0.1) is 0 Å². The Morgan fingerprint density at radius 2 is 1.76 bits per heavy atom. The van der Waals surface area contributed by atoms with Crippen LogP contribution in [0, 0.1) is 11.6 Å². The molecule has 2 aliphatic rings. The Bertz CT molecular complexity index is 697. The number of fused-ring (bicyclic) bond motifs is 2. The largest absolute Gasteiger partial charge is 0.454 e. The molecule has 1 unspecified atom stereocenters. The van der Waals surface area contributed by atoms with E-state index < -0.39 is 17.7 Å². The van der Waals surface area contributed by atoms with Gasteiger partial charge in [0.1, 0.15) is 11.6 Å². The highest BCUT2D eigenvalue weighted by Crippen LogP contribution is 2.40. The molecule has 4 rings (SSSR count). The van der Waals surface area contributed by atoms with Crippen LogP contribution in [0.5, 0.6) is 11.5 Å². The van der Waals surface area contributed by atoms with Crippen molar-refractivity contribution in [1.29, 1.82) is 0 Å². The predicted octanol–water partition coefficient (Wildman–Crippen LogP) is 2.93. The second-order valence-electron chi connectivity index (χ2n) is 5.18. The van der Waals surface area contributed by atoms with E-state index in [0.717, 1.165) is 17.5 Å². The molecule has 21 heavy (non-hydrogen) atoms. The molecule has 0 bridgehead atoms. The smallest absolute Gasteiger partial charge is 0.231 e. The lowest BCUT2D eigenvalue weighted by Gasteiger charge is -2.28. The van der Waals surface area contributed by atoms with E-state index in [1.54, 1.807) is 0 Å². The third kappa shape index (κ3) is 1.96. The van der Waals surface area contributed by atoms with Gasteiger partial charge < -0.3 is 14.8 Å². The highest BCUT2D eigenvalue weighted by atomic mass is 19.1. The normalized spacial score (nSPS) is 19.4. The van der Waals surface area contributed by atoms with Crippen LogP contribution in [0.15, 0.2) is 30.3 Å². The first-order valence-corrected chi connectivity index (χ1v) is 6.84. The molecule has 0 saturated heterocycles. The maximum atomic E-state index is 14.1. The number of rotatable bonds is 1. The van der Waals surface area contributed by atoms with Gasteiger partial charge in [-0.25, -0.2) is 8.78 Å². The predicted molar refractivity (Wildman–Crippen MR) is 72.5 cm³/mol. The highest BCUT2D eigenvalue weighted by molar-refractivity contribution is 5.52. The minimum atomic E-state index is -0.544. The molecular formula is C16H13F2NO2. The zero-order valence-electron chi connectivity index (χ0n) is 11.2. The number of hydrogen-bond acceptors (Lipinski definition) is 3. The maximum Gasteiger partial charge on any atom is 0.231 e. The molecule has 1 N–H and O–H groups in total. The number of nitrogens with one attached hydrogen (secondary N) is 1. The monoisotopic (exact) mass is 289 g/mol. The third-order valence-corrected chi connectivity index (χ3v) is 3.98. The fourth-order valence-electron chi connectivity index (χ4n) is 2.99. The second kappa shape index (κ2) is 4.70. The Morgan fingerprint density at radius 3 is 2.52 bits per heavy atom. The average molecular weight is 289 g/mol. The molecule has 0 saturated carbocycles. The molecule has 2 aromatic carbocycles. The summed E-state index contributed by atoms with van der Waals surface area (Å²) in [5, 5.41) is 3.19. The highest BCUT2D eigenvalue weighted by Gasteiger charge is 2.29. The van der Waals surface area contributed by atoms with Gasteiger partial charge >= 0.3 is 0 Å². The molecule has 0 radical (unpaired) electrons. The molecule has 2 aliphatic heterocycles. The van der Waals surface area contributed by atoms with Gasteiger partial charge in [0.2, 0.25) is 6.79 Å². The van der Waals surface area contributed by atoms with Gasteiger partial charge in [0.15, 0.2) is 11.5 Å². The molecule has 3 nitrogen and oxygen atoms in total. The number of halogens is 2. The van der Waals surface area contributed by atoms with Crippen LogP contribution in [-0.4, -0.2) is 13.3 Å². The van der Waals surface area contributed by atoms with E-state index in [0.29, 0.717) is 18.0 Å². The van der Waals surface area contributed by atoms with Crippen molar-refractivity contribution in [3.63, 3.8) is 0 Å². The van der Waals surface area contributed by atoms with Crippen LogP contribution >= 0.6 is 0 Å². The lowest BCUT2D eigenvalue weighted by atomic mass is 9.89. The summed E-state index contributed by atoms with van der Waals surface area (Å²) in [6, 6.07) is 7.15. The van der Waals surface area contributed by atoms with Crippen molar-refractivity contribution in [1.82, 2.24) is 5.32 Å². The Kier molecular flexibility index (Phi) is 2.82. The first kappa shape index (κ1) is 12.6. The van der Waals surface area contributed by atoms with Gasteiger partial charge in [-0.1, -0.05) is 6.07 Å². The summed E-state index contributed by atoms with van der Waals surface area (Å²) in [6.45, 7) is 0.843. The van der Waals surface area contributed by atoms with Crippen LogP contribution in [0.1, 0.15) is 22.7 Å². The molecule has 0 fully saturated rings. The van der Waals surface area contributed by atoms with E-state index in [4.69, 9.17) is 9.47 Å². The topological polar surface area (TPSA) is 30.5 Å². The Morgan fingerprint density at radius 1 is 1.05 bits per heavy atom. The lowest BCUT2D eigenvalue weighted by molar-refractivity contribution is 0.174. The van der Waals surface area contributed by atoms with E-state index >= 15 is 0 Å². The summed E-state index contributed by atoms with van der Waals surface area (Å²) in [5.74, 6) is 0.235. The van der Waals surface area contributed by atoms with Gasteiger partial charge in [-0.3, -0.25) is 0 Å². The van der Waals surface area contributed by atoms with Crippen molar-refractivity contribution in [2.24, 2.45) is 0 Å². The number of benzene rings is 2. The van der Waals surface area contributed by atoms with Gasteiger partial charge in [-0.2, -0.15) is 0 Å². The Hall–Kier alpha value is -2.14. The first-order chi connectivity index (χ1) is 10.2. The molecule has 0 amide bonds. The molecule has 0 spiro atoms. The lowest BCUT2D eigenvalue weighted by Crippen LogP contribution is -2.31. The van der Waals surface area contributed by atoms with E-state index in [1.165, 1.54) is 18.2 Å². The summed E-state index contributed by atoms with van der Waals surface area (Å²) in [7, 11) is 0. The zero-order valence-corrected chi connectivity index (χ0v) is 11.2. The molecule has 0 aromatic heterocycles. The minimum Gasteiger partial charge on any atom is -0.454 e. The van der Waals surface area contributed by atoms with Gasteiger partial charge in [0.05, 0.1) is 6.04 Å². The maximum absolute atomic E-state index is 14.1. The van der Waals surface area contributed by atoms with Gasteiger partial charge in [0.25, 0.3) is 0 Å². The Labute approximate surface area is 120 Å². The van der Waals surface area contributed by atoms with Crippen molar-refractivity contribution in [2.45, 2.75) is 12.5 Å². The van der Waals surface area contributed by atoms with Crippen molar-refractivity contribution in [2.75, 3.05) is 13.3 Å². The molecule has 2 heterocycles. The van der Waals surface area contributed by atoms with Crippen molar-refractivity contribution >= 4 is 0 Å². The van der Waals surface area contributed by atoms with Crippen LogP contribution in [0.25, 0.3) is 0 Å². The quantitative estimate of drug-likeness (QED) is 0.875. The van der Waals surface area contributed by atoms with Crippen LogP contribution in [-0.2, 0) is 6.42 Å². The molecule has 2 aromatic rings. The van der Waals surface area contributed by atoms with E-state index in [1.807, 2.05) is 12.1 Å². The fourth-order valence-corrected chi connectivity index (χ4v) is 2.99. The standard InChI is InChI=1S/C16H13F2NO2/c17-11-2-1-3-12(18)15(11)16-10-7-14-13(20-8-21-14)6-9(10)4-5-19-16/h1-3,6-7,16,19H,4-5,8H2. The van der Waals surface area contributed by atoms with Crippen molar-refractivity contribution in [3.8, 4) is 11.5 Å². The van der Waals surface area contributed by atoms with Crippen molar-refractivity contribution in [3.05, 3.63) is 58.7 Å². The summed E-state index contributed by atoms with van der Waals surface area (Å²) in [6.07, 6.45) is 0.790. The summed E-state index contributed by atoms with van der Waals surface area (Å²) in [4.78, 5) is 0. The molecule has 108 valence electrons. The molecule has 0 aliphatic carbocycles. The minimum absolute atomic E-state index is 0.0531. The van der Waals surface area contributed by atoms with Gasteiger partial charge in [0, 0.05) is 12.1 Å². The number of ether oxygens (including phenoxy) is 2. The van der Waals surface area contributed by atoms with Crippen LogP contribution < -0.4 is 14.8 Å². The molecular weight excluding hydrogens is 276 g/mol. The van der Waals surface area contributed by atoms with E-state index in [9.17, 15) is 8.78 Å². The van der Waals surface area contributed by atoms with Crippen LogP contribution in [0.2, 0.25) is 0 Å². The molecule has 5 heteroatoms. The van der Waals surface area contributed by atoms with E-state index in [2.05, 4.69) is 5.32 Å². The van der Waals surface area contributed by atoms with Gasteiger partial charge in [-0.05, 0) is 41.8 Å². The third-order valence-electron chi connectivity index (χ3n) is 3.98. The average Bonchev–Trinajstić information content (AvgIpc) is 2.92. The summed E-state index contributed by atoms with van der Waals surface area (Å²) < 4.78 is 38.9. The fraction of sp³-hybridized carbons (Fsp3) is 0.250. The zero-order chi connectivity index (χ0) is 14.4. The second-order valence-corrected chi connectivity index (χ2v) is 5.18. The van der Waals surface area contributed by atoms with Crippen LogP contribution in [0.4, 0.5) is 8.78 Å². The SMILES string of the molecule is Fc1cccc(F)c1C1NCCc2cc3c(cc21)OCO3. The Balaban J connectivity index is 1.87. The van der Waals surface area contributed by atoms with Crippen LogP contribution in [0.3, 0.4) is 0 Å². The first-order valence-electron chi connectivity index (χ1n) is 6.84. The van der Waals surface area contributed by atoms with Crippen molar-refractivity contribution < 1.29 is 18.3 Å². The summed E-state index contributed by atoms with van der Waals surface area (Å²) in [5.41, 5.74) is 1.93. The van der Waals surface area contributed by atoms with E-state index in [-0.39, 0.29) is 12.4 Å². The number of hydrogen-bond donors (Lipinski definition) is 1.